The highest BCUT2D eigenvalue weighted by molar-refractivity contribution is 5.95. The Kier molecular flexibility index (Phi) is 3.28. The quantitative estimate of drug-likeness (QED) is 0.639. The van der Waals surface area contributed by atoms with Crippen molar-refractivity contribution in [3.8, 4) is 5.88 Å². The summed E-state index contributed by atoms with van der Waals surface area (Å²) in [7, 11) is 3.35. The number of methoxy groups -OCH3 is 1. The Balaban J connectivity index is 1.49. The Morgan fingerprint density at radius 2 is 2.15 bits per heavy atom. The molecule has 2 saturated heterocycles. The zero-order valence-corrected chi connectivity index (χ0v) is 15.6. The molecular formula is C19H21N5O3. The average Bonchev–Trinajstić information content (AvgIpc) is 3.35. The van der Waals surface area contributed by atoms with Gasteiger partial charge in [0.2, 0.25) is 5.65 Å². The monoisotopic (exact) mass is 367 g/mol. The molecule has 3 aliphatic rings. The first kappa shape index (κ1) is 16.4. The maximum absolute atomic E-state index is 12.5. The van der Waals surface area contributed by atoms with Crippen LogP contribution in [0.4, 0.5) is 0 Å². The van der Waals surface area contributed by atoms with Crippen molar-refractivity contribution in [1.82, 2.24) is 24.1 Å². The van der Waals surface area contributed by atoms with Gasteiger partial charge in [-0.3, -0.25) is 9.48 Å². The Hall–Kier alpha value is -2.74. The number of hydrogen-bond acceptors (Lipinski definition) is 6. The van der Waals surface area contributed by atoms with Crippen LogP contribution >= 0.6 is 0 Å². The molecule has 1 aliphatic carbocycles. The van der Waals surface area contributed by atoms with Crippen molar-refractivity contribution in [3.05, 3.63) is 41.7 Å². The van der Waals surface area contributed by atoms with Crippen LogP contribution in [0.2, 0.25) is 0 Å². The van der Waals surface area contributed by atoms with E-state index in [1.807, 2.05) is 16.8 Å². The zero-order valence-electron chi connectivity index (χ0n) is 15.6. The van der Waals surface area contributed by atoms with Gasteiger partial charge in [-0.05, 0) is 25.8 Å². The van der Waals surface area contributed by atoms with Crippen LogP contribution in [0.25, 0.3) is 5.65 Å². The van der Waals surface area contributed by atoms with Gasteiger partial charge in [0, 0.05) is 31.1 Å². The smallest absolute Gasteiger partial charge is 0.258 e. The van der Waals surface area contributed by atoms with Gasteiger partial charge in [-0.15, -0.1) is 0 Å². The number of aryl methyl sites for hydroxylation is 1. The number of imidazole rings is 1. The molecule has 0 unspecified atom stereocenters. The van der Waals surface area contributed by atoms with Crippen LogP contribution in [0.3, 0.4) is 0 Å². The van der Waals surface area contributed by atoms with Crippen molar-refractivity contribution in [1.29, 1.82) is 0 Å². The van der Waals surface area contributed by atoms with E-state index >= 15 is 0 Å². The van der Waals surface area contributed by atoms with Crippen LogP contribution in [0, 0.1) is 0 Å². The minimum atomic E-state index is -0.0811. The van der Waals surface area contributed by atoms with Gasteiger partial charge < -0.3 is 13.9 Å². The summed E-state index contributed by atoms with van der Waals surface area (Å²) in [5.74, 6) is 0.340. The van der Waals surface area contributed by atoms with E-state index in [4.69, 9.17) is 14.5 Å². The highest BCUT2D eigenvalue weighted by Crippen LogP contribution is 2.58. The van der Waals surface area contributed by atoms with E-state index in [-0.39, 0.29) is 23.2 Å². The molecule has 3 aromatic rings. The van der Waals surface area contributed by atoms with Gasteiger partial charge in [-0.25, -0.2) is 9.97 Å². The van der Waals surface area contributed by atoms with Gasteiger partial charge in [-0.2, -0.15) is 5.10 Å². The van der Waals surface area contributed by atoms with Crippen molar-refractivity contribution in [2.75, 3.05) is 13.7 Å². The third-order valence-corrected chi connectivity index (χ3v) is 5.66. The summed E-state index contributed by atoms with van der Waals surface area (Å²) < 4.78 is 14.9. The Labute approximate surface area is 156 Å². The maximum Gasteiger partial charge on any atom is 0.258 e. The van der Waals surface area contributed by atoms with Crippen LogP contribution in [0.5, 0.6) is 5.88 Å². The zero-order chi connectivity index (χ0) is 18.8. The predicted octanol–water partition coefficient (Wildman–Crippen LogP) is 1.72. The highest BCUT2D eigenvalue weighted by Gasteiger charge is 2.61. The number of hydrogen-bond donors (Lipinski definition) is 0. The molecule has 27 heavy (non-hydrogen) atoms. The summed E-state index contributed by atoms with van der Waals surface area (Å²) in [5.41, 5.74) is 2.72. The number of carbonyl (C=O) groups is 1. The number of fused-ring (bicyclic) bond motifs is 2. The minimum absolute atomic E-state index is 0.00159. The molecule has 1 saturated carbocycles. The Morgan fingerprint density at radius 1 is 1.33 bits per heavy atom. The van der Waals surface area contributed by atoms with E-state index < -0.39 is 0 Å². The maximum atomic E-state index is 12.5. The molecule has 0 atom stereocenters. The number of rotatable bonds is 5. The molecule has 0 spiro atoms. The van der Waals surface area contributed by atoms with Gasteiger partial charge >= 0.3 is 0 Å². The number of carbonyl (C=O) groups excluding carboxylic acids is 1. The third kappa shape index (κ3) is 2.47. The molecule has 8 heteroatoms. The first-order valence-corrected chi connectivity index (χ1v) is 9.00. The molecule has 3 fully saturated rings. The average molecular weight is 367 g/mol. The van der Waals surface area contributed by atoms with E-state index in [9.17, 15) is 4.79 Å². The summed E-state index contributed by atoms with van der Waals surface area (Å²) in [6.07, 6.45) is 7.75. The van der Waals surface area contributed by atoms with E-state index in [2.05, 4.69) is 17.0 Å². The predicted molar refractivity (Wildman–Crippen MR) is 96.1 cm³/mol. The molecule has 3 aromatic heterocycles. The molecule has 5 heterocycles. The van der Waals surface area contributed by atoms with Crippen molar-refractivity contribution in [2.45, 2.75) is 37.2 Å². The summed E-state index contributed by atoms with van der Waals surface area (Å²) in [5, 5.41) is 4.16. The van der Waals surface area contributed by atoms with Gasteiger partial charge in [0.25, 0.3) is 5.88 Å². The number of Topliss-reactive ketones (excluding diaryl/α,β-unsaturated/α-hetero) is 1. The van der Waals surface area contributed by atoms with Crippen molar-refractivity contribution >= 4 is 11.4 Å². The van der Waals surface area contributed by atoms with Gasteiger partial charge in [0.05, 0.1) is 37.1 Å². The van der Waals surface area contributed by atoms with Gasteiger partial charge in [0.15, 0.2) is 5.78 Å². The molecule has 2 bridgehead atoms. The summed E-state index contributed by atoms with van der Waals surface area (Å²) in [6.45, 7) is 2.85. The molecule has 0 aromatic carbocycles. The number of nitrogens with zero attached hydrogens (tertiary/aromatic N) is 5. The Bertz CT molecular complexity index is 1060. The van der Waals surface area contributed by atoms with Crippen molar-refractivity contribution < 1.29 is 14.3 Å². The van der Waals surface area contributed by atoms with E-state index in [1.54, 1.807) is 31.1 Å². The van der Waals surface area contributed by atoms with Crippen LogP contribution < -0.4 is 4.74 Å². The van der Waals surface area contributed by atoms with Crippen LogP contribution in [-0.4, -0.2) is 49.3 Å². The summed E-state index contributed by atoms with van der Waals surface area (Å²) in [6, 6.07) is 1.71. The minimum Gasteiger partial charge on any atom is -0.478 e. The van der Waals surface area contributed by atoms with Crippen molar-refractivity contribution in [2.24, 2.45) is 7.05 Å². The number of ketones is 1. The number of ether oxygens (including phenoxy) is 2. The fourth-order valence-electron chi connectivity index (χ4n) is 4.47. The van der Waals surface area contributed by atoms with E-state index in [0.29, 0.717) is 29.5 Å². The van der Waals surface area contributed by atoms with Gasteiger partial charge in [0.1, 0.15) is 5.69 Å². The molecule has 6 rings (SSSR count). The topological polar surface area (TPSA) is 83.5 Å². The van der Waals surface area contributed by atoms with Gasteiger partial charge in [-0.1, -0.05) is 0 Å². The lowest BCUT2D eigenvalue weighted by molar-refractivity contribution is 0.0154. The van der Waals surface area contributed by atoms with Crippen LogP contribution in [-0.2, 0) is 23.6 Å². The lowest BCUT2D eigenvalue weighted by Gasteiger charge is -2.41. The van der Waals surface area contributed by atoms with Crippen LogP contribution in [0.1, 0.15) is 41.6 Å². The normalized spacial score (nSPS) is 26.3. The lowest BCUT2D eigenvalue weighted by atomic mass is 9.62. The molecular weight excluding hydrogens is 346 g/mol. The molecule has 140 valence electrons. The lowest BCUT2D eigenvalue weighted by Crippen LogP contribution is -2.45. The second kappa shape index (κ2) is 5.39. The van der Waals surface area contributed by atoms with E-state index in [1.165, 1.54) is 0 Å². The summed E-state index contributed by atoms with van der Waals surface area (Å²) >= 11 is 0. The van der Waals surface area contributed by atoms with Crippen molar-refractivity contribution in [3.63, 3.8) is 0 Å². The first-order chi connectivity index (χ1) is 12.9. The first-order valence-electron chi connectivity index (χ1n) is 9.00. The fraction of sp³-hybridized carbons (Fsp3) is 0.474. The second-order valence-electron chi connectivity index (χ2n) is 7.95. The SMILES string of the molecule is COc1nc(CC(=O)c2ccn(C)n2)cn2cc(C34COC(C)(C3)C4)nc12. The highest BCUT2D eigenvalue weighted by atomic mass is 16.5. The summed E-state index contributed by atoms with van der Waals surface area (Å²) in [4.78, 5) is 21.7. The number of aromatic nitrogens is 5. The third-order valence-electron chi connectivity index (χ3n) is 5.66. The fourth-order valence-corrected chi connectivity index (χ4v) is 4.47. The molecule has 8 nitrogen and oxygen atoms in total. The van der Waals surface area contributed by atoms with E-state index in [0.717, 1.165) is 18.5 Å². The molecule has 0 radical (unpaired) electrons. The molecule has 0 N–H and O–H groups in total. The Morgan fingerprint density at radius 3 is 2.78 bits per heavy atom. The largest absolute Gasteiger partial charge is 0.478 e. The second-order valence-corrected chi connectivity index (χ2v) is 7.95. The molecule has 2 aliphatic heterocycles. The standard InChI is InChI=1S/C19H21N5O3/c1-18-9-19(10-18,11-27-18)15-8-24-7-12(20-17(26-3)16(24)21-15)6-14(25)13-4-5-23(2)22-13/h4-5,7-8H,6,9-11H2,1-3H3. The van der Waals surface area contributed by atoms with Crippen LogP contribution in [0.15, 0.2) is 24.7 Å². The molecule has 0 amide bonds.